The number of sulfonamides is 1. The molecule has 41 heavy (non-hydrogen) atoms. The third-order valence-corrected chi connectivity index (χ3v) is 9.52. The number of rotatable bonds is 12. The highest BCUT2D eigenvalue weighted by Crippen LogP contribution is 2.31. The van der Waals surface area contributed by atoms with Crippen LogP contribution in [-0.4, -0.2) is 44.3 Å². The van der Waals surface area contributed by atoms with Crippen LogP contribution in [0.15, 0.2) is 65.6 Å². The van der Waals surface area contributed by atoms with E-state index in [1.54, 1.807) is 62.4 Å². The van der Waals surface area contributed by atoms with E-state index in [-0.39, 0.29) is 23.0 Å². The lowest BCUT2D eigenvalue weighted by atomic mass is 10.1. The van der Waals surface area contributed by atoms with E-state index in [1.807, 2.05) is 13.8 Å². The van der Waals surface area contributed by atoms with Gasteiger partial charge in [0.25, 0.3) is 10.0 Å². The molecule has 0 radical (unpaired) electrons. The van der Waals surface area contributed by atoms with Gasteiger partial charge in [-0.15, -0.1) is 0 Å². The van der Waals surface area contributed by atoms with Gasteiger partial charge in [0.2, 0.25) is 11.8 Å². The minimum atomic E-state index is -4.21. The summed E-state index contributed by atoms with van der Waals surface area (Å²) < 4.78 is 29.0. The van der Waals surface area contributed by atoms with E-state index in [2.05, 4.69) is 5.32 Å². The Morgan fingerprint density at radius 2 is 1.63 bits per heavy atom. The Morgan fingerprint density at radius 3 is 2.27 bits per heavy atom. The van der Waals surface area contributed by atoms with Crippen molar-refractivity contribution in [2.24, 2.45) is 0 Å². The van der Waals surface area contributed by atoms with E-state index < -0.39 is 28.5 Å². The third kappa shape index (κ3) is 8.16. The Balaban J connectivity index is 2.06. The SMILES string of the molecule is CCCCNC(=O)C(C)N(Cc1ccc(Cl)cc1Cl)C(=O)CN(c1cccc(Cl)c1C)S(=O)(=O)c1ccc(C)cc1. The summed E-state index contributed by atoms with van der Waals surface area (Å²) >= 11 is 18.9. The van der Waals surface area contributed by atoms with E-state index >= 15 is 0 Å². The first kappa shape index (κ1) is 32.7. The lowest BCUT2D eigenvalue weighted by Crippen LogP contribution is -2.51. The number of halogens is 3. The second-order valence-electron chi connectivity index (χ2n) is 9.79. The van der Waals surface area contributed by atoms with Gasteiger partial charge in [0.05, 0.1) is 10.6 Å². The van der Waals surface area contributed by atoms with E-state index in [0.717, 1.165) is 22.7 Å². The molecule has 0 aromatic heterocycles. The predicted molar refractivity (Wildman–Crippen MR) is 166 cm³/mol. The molecular weight excluding hydrogens is 605 g/mol. The minimum Gasteiger partial charge on any atom is -0.354 e. The molecule has 0 fully saturated rings. The maximum absolute atomic E-state index is 14.1. The molecule has 7 nitrogen and oxygen atoms in total. The van der Waals surface area contributed by atoms with Crippen LogP contribution in [-0.2, 0) is 26.2 Å². The molecule has 0 spiro atoms. The van der Waals surface area contributed by atoms with Gasteiger partial charge in [-0.25, -0.2) is 8.42 Å². The molecule has 2 amide bonds. The van der Waals surface area contributed by atoms with Crippen molar-refractivity contribution in [3.05, 3.63) is 92.4 Å². The quantitative estimate of drug-likeness (QED) is 0.221. The van der Waals surface area contributed by atoms with Crippen molar-refractivity contribution in [1.29, 1.82) is 0 Å². The summed E-state index contributed by atoms with van der Waals surface area (Å²) in [6.07, 6.45) is 1.68. The number of amides is 2. The van der Waals surface area contributed by atoms with Gasteiger partial charge in [-0.1, -0.05) is 78.0 Å². The number of unbranched alkanes of at least 4 members (excludes halogenated alkanes) is 1. The number of carbonyl (C=O) groups is 2. The molecule has 220 valence electrons. The van der Waals surface area contributed by atoms with Gasteiger partial charge in [0.15, 0.2) is 0 Å². The Labute approximate surface area is 257 Å². The van der Waals surface area contributed by atoms with Crippen molar-refractivity contribution in [3.8, 4) is 0 Å². The molecule has 3 aromatic rings. The van der Waals surface area contributed by atoms with Crippen LogP contribution in [0.2, 0.25) is 15.1 Å². The maximum atomic E-state index is 14.1. The number of aryl methyl sites for hydroxylation is 1. The second kappa shape index (κ2) is 14.4. The molecule has 0 aliphatic rings. The number of nitrogens with one attached hydrogen (secondary N) is 1. The molecule has 0 aliphatic carbocycles. The molecular formula is C30H34Cl3N3O4S. The molecule has 3 rings (SSSR count). The van der Waals surface area contributed by atoms with Crippen molar-refractivity contribution in [2.75, 3.05) is 17.4 Å². The molecule has 1 unspecified atom stereocenters. The third-order valence-electron chi connectivity index (χ3n) is 6.75. The van der Waals surface area contributed by atoms with Gasteiger partial charge in [0.1, 0.15) is 12.6 Å². The van der Waals surface area contributed by atoms with Crippen LogP contribution < -0.4 is 9.62 Å². The van der Waals surface area contributed by atoms with E-state index in [4.69, 9.17) is 34.8 Å². The molecule has 0 saturated carbocycles. The normalized spacial score (nSPS) is 12.1. The van der Waals surface area contributed by atoms with Crippen molar-refractivity contribution in [1.82, 2.24) is 10.2 Å². The Hall–Kier alpha value is -2.78. The van der Waals surface area contributed by atoms with Gasteiger partial charge in [0, 0.05) is 28.2 Å². The predicted octanol–water partition coefficient (Wildman–Crippen LogP) is 6.79. The average molecular weight is 639 g/mol. The number of nitrogens with zero attached hydrogens (tertiary/aromatic N) is 2. The van der Waals surface area contributed by atoms with Gasteiger partial charge in [-0.05, 0) is 74.7 Å². The van der Waals surface area contributed by atoms with Gasteiger partial charge < -0.3 is 10.2 Å². The van der Waals surface area contributed by atoms with Crippen LogP contribution in [0.3, 0.4) is 0 Å². The Kier molecular flexibility index (Phi) is 11.5. The smallest absolute Gasteiger partial charge is 0.264 e. The number of benzene rings is 3. The molecule has 0 saturated heterocycles. The topological polar surface area (TPSA) is 86.8 Å². The summed E-state index contributed by atoms with van der Waals surface area (Å²) in [7, 11) is -4.21. The summed E-state index contributed by atoms with van der Waals surface area (Å²) in [4.78, 5) is 28.5. The summed E-state index contributed by atoms with van der Waals surface area (Å²) in [5.74, 6) is -0.951. The minimum absolute atomic E-state index is 0.0212. The average Bonchev–Trinajstić information content (AvgIpc) is 2.93. The Bertz CT molecular complexity index is 1500. The number of hydrogen-bond acceptors (Lipinski definition) is 4. The zero-order chi connectivity index (χ0) is 30.3. The van der Waals surface area contributed by atoms with Crippen LogP contribution in [0.25, 0.3) is 0 Å². The monoisotopic (exact) mass is 637 g/mol. The first-order valence-electron chi connectivity index (χ1n) is 13.2. The van der Waals surface area contributed by atoms with Gasteiger partial charge in [-0.2, -0.15) is 0 Å². The largest absolute Gasteiger partial charge is 0.354 e. The molecule has 0 aliphatic heterocycles. The first-order valence-corrected chi connectivity index (χ1v) is 15.8. The van der Waals surface area contributed by atoms with Crippen molar-refractivity contribution < 1.29 is 18.0 Å². The van der Waals surface area contributed by atoms with Crippen LogP contribution >= 0.6 is 34.8 Å². The molecule has 1 atom stereocenters. The summed E-state index contributed by atoms with van der Waals surface area (Å²) in [5, 5.41) is 3.96. The number of anilines is 1. The fourth-order valence-electron chi connectivity index (χ4n) is 4.17. The highest BCUT2D eigenvalue weighted by Gasteiger charge is 2.33. The highest BCUT2D eigenvalue weighted by molar-refractivity contribution is 7.92. The fraction of sp³-hybridized carbons (Fsp3) is 0.333. The molecule has 0 heterocycles. The molecule has 0 bridgehead atoms. The molecule has 3 aromatic carbocycles. The zero-order valence-electron chi connectivity index (χ0n) is 23.5. The van der Waals surface area contributed by atoms with E-state index in [1.165, 1.54) is 17.0 Å². The zero-order valence-corrected chi connectivity index (χ0v) is 26.5. The lowest BCUT2D eigenvalue weighted by molar-refractivity contribution is -0.139. The number of hydrogen-bond donors (Lipinski definition) is 1. The van der Waals surface area contributed by atoms with Gasteiger partial charge >= 0.3 is 0 Å². The second-order valence-corrected chi connectivity index (χ2v) is 12.9. The van der Waals surface area contributed by atoms with Crippen molar-refractivity contribution >= 4 is 62.3 Å². The highest BCUT2D eigenvalue weighted by atomic mass is 35.5. The Morgan fingerprint density at radius 1 is 0.951 bits per heavy atom. The summed E-state index contributed by atoms with van der Waals surface area (Å²) in [6.45, 7) is 7.00. The van der Waals surface area contributed by atoms with Gasteiger partial charge in [-0.3, -0.25) is 13.9 Å². The first-order chi connectivity index (χ1) is 19.4. The summed E-state index contributed by atoms with van der Waals surface area (Å²) in [5.41, 5.74) is 2.20. The van der Waals surface area contributed by atoms with Crippen LogP contribution in [0.5, 0.6) is 0 Å². The molecule has 1 N–H and O–H groups in total. The van der Waals surface area contributed by atoms with Crippen LogP contribution in [0.1, 0.15) is 43.4 Å². The standard InChI is InChI=1S/C30H34Cl3N3O4S/c1-5-6-16-34-30(38)22(4)35(18-23-12-13-24(31)17-27(23)33)29(37)19-36(28-9-7-8-26(32)21(28)3)41(39,40)25-14-10-20(2)11-15-25/h7-15,17,22H,5-6,16,18-19H2,1-4H3,(H,34,38). The van der Waals surface area contributed by atoms with Crippen LogP contribution in [0, 0.1) is 13.8 Å². The number of carbonyl (C=O) groups excluding carboxylic acids is 2. The maximum Gasteiger partial charge on any atom is 0.264 e. The summed E-state index contributed by atoms with van der Waals surface area (Å²) in [6, 6.07) is 15.2. The van der Waals surface area contributed by atoms with E-state index in [0.29, 0.717) is 32.7 Å². The molecule has 11 heteroatoms. The van der Waals surface area contributed by atoms with Crippen molar-refractivity contribution in [3.63, 3.8) is 0 Å². The van der Waals surface area contributed by atoms with Crippen LogP contribution in [0.4, 0.5) is 5.69 Å². The fourth-order valence-corrected chi connectivity index (χ4v) is 6.28. The van der Waals surface area contributed by atoms with E-state index in [9.17, 15) is 18.0 Å². The lowest BCUT2D eigenvalue weighted by Gasteiger charge is -2.32. The van der Waals surface area contributed by atoms with Crippen molar-refractivity contribution in [2.45, 2.75) is 58.0 Å².